The Kier molecular flexibility index (Phi) is 3.87. The van der Waals surface area contributed by atoms with Gasteiger partial charge in [-0.05, 0) is 43.3 Å². The smallest absolute Gasteiger partial charge is 0.138 e. The van der Waals surface area contributed by atoms with E-state index in [2.05, 4.69) is 15.0 Å². The first-order chi connectivity index (χ1) is 10.3. The fourth-order valence-corrected chi connectivity index (χ4v) is 2.00. The first-order valence-corrected chi connectivity index (χ1v) is 6.78. The Morgan fingerprint density at radius 1 is 0.810 bits per heavy atom. The number of ether oxygens (including phenoxy) is 1. The Morgan fingerprint density at radius 2 is 1.57 bits per heavy atom. The Hall–Kier alpha value is -2.75. The van der Waals surface area contributed by atoms with Crippen LogP contribution in [-0.2, 0) is 0 Å². The van der Waals surface area contributed by atoms with E-state index in [1.807, 2.05) is 55.5 Å². The lowest BCUT2D eigenvalue weighted by Gasteiger charge is -2.13. The zero-order valence-corrected chi connectivity index (χ0v) is 11.7. The fourth-order valence-electron chi connectivity index (χ4n) is 2.00. The molecule has 0 spiro atoms. The molecule has 0 bridgehead atoms. The van der Waals surface area contributed by atoms with E-state index in [0.29, 0.717) is 5.75 Å². The van der Waals surface area contributed by atoms with Crippen LogP contribution in [0.5, 0.6) is 5.75 Å². The minimum Gasteiger partial charge on any atom is -0.483 e. The van der Waals surface area contributed by atoms with Crippen molar-refractivity contribution in [3.63, 3.8) is 0 Å². The Balaban J connectivity index is 1.73. The second kappa shape index (κ2) is 6.13. The van der Waals surface area contributed by atoms with Crippen LogP contribution >= 0.6 is 0 Å². The van der Waals surface area contributed by atoms with Gasteiger partial charge in [-0.1, -0.05) is 12.1 Å². The number of rotatable bonds is 4. The first-order valence-electron chi connectivity index (χ1n) is 6.78. The third-order valence-electron chi connectivity index (χ3n) is 3.08. The molecule has 21 heavy (non-hydrogen) atoms. The molecule has 1 atom stereocenters. The Morgan fingerprint density at radius 3 is 2.19 bits per heavy atom. The number of nitrogens with zero attached hydrogens (tertiary/aromatic N) is 3. The lowest BCUT2D eigenvalue weighted by atomic mass is 10.2. The molecule has 0 aliphatic heterocycles. The summed E-state index contributed by atoms with van der Waals surface area (Å²) in [5.74, 6) is 0.716. The van der Waals surface area contributed by atoms with Crippen LogP contribution in [0.4, 0.5) is 0 Å². The average molecular weight is 277 g/mol. The van der Waals surface area contributed by atoms with Gasteiger partial charge in [0.25, 0.3) is 0 Å². The van der Waals surface area contributed by atoms with Crippen LogP contribution in [0.2, 0.25) is 0 Å². The van der Waals surface area contributed by atoms with Crippen LogP contribution in [0.1, 0.15) is 18.7 Å². The van der Waals surface area contributed by atoms with E-state index in [9.17, 15) is 0 Å². The van der Waals surface area contributed by atoms with Crippen molar-refractivity contribution in [1.29, 1.82) is 0 Å². The summed E-state index contributed by atoms with van der Waals surface area (Å²) in [5, 5.41) is 0. The highest BCUT2D eigenvalue weighted by molar-refractivity contribution is 5.53. The topological polar surface area (TPSA) is 47.9 Å². The predicted molar refractivity (Wildman–Crippen MR) is 80.7 cm³/mol. The number of aromatic nitrogens is 3. The quantitative estimate of drug-likeness (QED) is 0.730. The van der Waals surface area contributed by atoms with Crippen molar-refractivity contribution < 1.29 is 4.74 Å². The first kappa shape index (κ1) is 13.2. The summed E-state index contributed by atoms with van der Waals surface area (Å²) >= 11 is 0. The molecule has 0 aliphatic rings. The summed E-state index contributed by atoms with van der Waals surface area (Å²) < 4.78 is 5.85. The highest BCUT2D eigenvalue weighted by atomic mass is 16.5. The summed E-state index contributed by atoms with van der Waals surface area (Å²) in [4.78, 5) is 12.9. The third kappa shape index (κ3) is 3.23. The van der Waals surface area contributed by atoms with Gasteiger partial charge in [0.15, 0.2) is 0 Å². The molecule has 0 radical (unpaired) electrons. The third-order valence-corrected chi connectivity index (χ3v) is 3.08. The molecule has 0 aromatic carbocycles. The zero-order valence-electron chi connectivity index (χ0n) is 11.7. The molecule has 0 saturated heterocycles. The molecule has 3 aromatic heterocycles. The highest BCUT2D eigenvalue weighted by Crippen LogP contribution is 2.21. The maximum absolute atomic E-state index is 5.85. The molecule has 0 fully saturated rings. The van der Waals surface area contributed by atoms with Gasteiger partial charge in [-0.3, -0.25) is 15.0 Å². The van der Waals surface area contributed by atoms with Crippen molar-refractivity contribution >= 4 is 0 Å². The van der Waals surface area contributed by atoms with E-state index in [0.717, 1.165) is 17.1 Å². The van der Waals surface area contributed by atoms with Crippen molar-refractivity contribution in [3.8, 4) is 17.1 Å². The maximum Gasteiger partial charge on any atom is 0.138 e. The van der Waals surface area contributed by atoms with Gasteiger partial charge in [-0.25, -0.2) is 0 Å². The number of hydrogen-bond acceptors (Lipinski definition) is 4. The van der Waals surface area contributed by atoms with Crippen molar-refractivity contribution in [3.05, 3.63) is 72.8 Å². The molecule has 3 heterocycles. The monoisotopic (exact) mass is 277 g/mol. The van der Waals surface area contributed by atoms with Gasteiger partial charge >= 0.3 is 0 Å². The summed E-state index contributed by atoms with van der Waals surface area (Å²) in [5.41, 5.74) is 2.57. The van der Waals surface area contributed by atoms with Crippen molar-refractivity contribution in [2.45, 2.75) is 13.0 Å². The predicted octanol–water partition coefficient (Wildman–Crippen LogP) is 3.68. The van der Waals surface area contributed by atoms with Gasteiger partial charge in [0, 0.05) is 12.4 Å². The van der Waals surface area contributed by atoms with Gasteiger partial charge in [-0.15, -0.1) is 0 Å². The molecule has 1 unspecified atom stereocenters. The molecule has 4 heteroatoms. The molecule has 0 saturated carbocycles. The van der Waals surface area contributed by atoms with E-state index in [1.165, 1.54) is 0 Å². The molecular weight excluding hydrogens is 262 g/mol. The summed E-state index contributed by atoms with van der Waals surface area (Å²) in [6, 6.07) is 15.3. The van der Waals surface area contributed by atoms with Gasteiger partial charge in [-0.2, -0.15) is 0 Å². The van der Waals surface area contributed by atoms with Crippen LogP contribution in [0, 0.1) is 0 Å². The Labute approximate surface area is 123 Å². The van der Waals surface area contributed by atoms with Gasteiger partial charge in [0.1, 0.15) is 11.9 Å². The van der Waals surface area contributed by atoms with Crippen molar-refractivity contribution in [2.24, 2.45) is 0 Å². The molecule has 4 nitrogen and oxygen atoms in total. The lowest BCUT2D eigenvalue weighted by molar-refractivity contribution is 0.221. The molecule has 0 aliphatic carbocycles. The maximum atomic E-state index is 5.85. The van der Waals surface area contributed by atoms with Crippen LogP contribution in [0.15, 0.2) is 67.1 Å². The summed E-state index contributed by atoms with van der Waals surface area (Å²) in [7, 11) is 0. The van der Waals surface area contributed by atoms with Crippen molar-refractivity contribution in [1.82, 2.24) is 15.0 Å². The standard InChI is InChI=1S/C17H15N3O/c1-13(15-6-2-4-10-18-15)21-14-8-9-17(20-12-14)16-7-3-5-11-19-16/h2-13H,1H3. The minimum absolute atomic E-state index is 0.117. The molecule has 0 N–H and O–H groups in total. The van der Waals surface area contributed by atoms with E-state index in [4.69, 9.17) is 4.74 Å². The molecular formula is C17H15N3O. The highest BCUT2D eigenvalue weighted by Gasteiger charge is 2.08. The molecule has 3 aromatic rings. The Bertz CT molecular complexity index is 684. The van der Waals surface area contributed by atoms with Gasteiger partial charge < -0.3 is 4.74 Å². The van der Waals surface area contributed by atoms with E-state index < -0.39 is 0 Å². The normalized spacial score (nSPS) is 11.9. The fraction of sp³-hybridized carbons (Fsp3) is 0.118. The average Bonchev–Trinajstić information content (AvgIpc) is 2.57. The van der Waals surface area contributed by atoms with E-state index >= 15 is 0 Å². The number of pyridine rings is 3. The van der Waals surface area contributed by atoms with E-state index in [-0.39, 0.29) is 6.10 Å². The molecule has 0 amide bonds. The van der Waals surface area contributed by atoms with Gasteiger partial charge in [0.05, 0.1) is 23.3 Å². The zero-order chi connectivity index (χ0) is 14.5. The van der Waals surface area contributed by atoms with E-state index in [1.54, 1.807) is 18.6 Å². The second-order valence-corrected chi connectivity index (χ2v) is 4.61. The van der Waals surface area contributed by atoms with Gasteiger partial charge in [0.2, 0.25) is 0 Å². The minimum atomic E-state index is -0.117. The SMILES string of the molecule is CC(Oc1ccc(-c2ccccn2)nc1)c1ccccn1. The van der Waals surface area contributed by atoms with Crippen LogP contribution in [0.25, 0.3) is 11.4 Å². The molecule has 3 rings (SSSR count). The van der Waals surface area contributed by atoms with Crippen LogP contribution in [0.3, 0.4) is 0 Å². The summed E-state index contributed by atoms with van der Waals surface area (Å²) in [6.45, 7) is 1.97. The molecule has 104 valence electrons. The number of hydrogen-bond donors (Lipinski definition) is 0. The lowest BCUT2D eigenvalue weighted by Crippen LogP contribution is -2.05. The van der Waals surface area contributed by atoms with Crippen LogP contribution < -0.4 is 4.74 Å². The van der Waals surface area contributed by atoms with Crippen LogP contribution in [-0.4, -0.2) is 15.0 Å². The van der Waals surface area contributed by atoms with Crippen molar-refractivity contribution in [2.75, 3.05) is 0 Å². The summed E-state index contributed by atoms with van der Waals surface area (Å²) in [6.07, 6.45) is 5.11. The second-order valence-electron chi connectivity index (χ2n) is 4.61. The largest absolute Gasteiger partial charge is 0.483 e.